The van der Waals surface area contributed by atoms with Crippen LogP contribution in [-0.2, 0) is 14.3 Å². The van der Waals surface area contributed by atoms with Crippen LogP contribution in [0, 0.1) is 5.92 Å². The molecule has 5 nitrogen and oxygen atoms in total. The van der Waals surface area contributed by atoms with E-state index >= 15 is 0 Å². The van der Waals surface area contributed by atoms with Gasteiger partial charge in [0.2, 0.25) is 5.91 Å². The summed E-state index contributed by atoms with van der Waals surface area (Å²) in [5.74, 6) is -0.752. The number of carbonyl (C=O) groups excluding carboxylic acids is 2. The molecule has 0 radical (unpaired) electrons. The predicted octanol–water partition coefficient (Wildman–Crippen LogP) is 0.313. The maximum absolute atomic E-state index is 11.7. The Hall–Kier alpha value is -1.10. The number of likely N-dealkylation sites (tertiary alicyclic amines) is 1. The van der Waals surface area contributed by atoms with E-state index in [1.807, 2.05) is 0 Å². The first-order valence-corrected chi connectivity index (χ1v) is 6.12. The summed E-state index contributed by atoms with van der Waals surface area (Å²) < 4.78 is 4.65. The van der Waals surface area contributed by atoms with E-state index < -0.39 is 5.60 Å². The van der Waals surface area contributed by atoms with Crippen molar-refractivity contribution in [2.45, 2.75) is 37.7 Å². The smallest absolute Gasteiger partial charge is 0.310 e. The van der Waals surface area contributed by atoms with Gasteiger partial charge in [0.25, 0.3) is 0 Å². The Labute approximate surface area is 101 Å². The highest BCUT2D eigenvalue weighted by atomic mass is 16.5. The van der Waals surface area contributed by atoms with Crippen molar-refractivity contribution in [3.8, 4) is 0 Å². The Morgan fingerprint density at radius 2 is 2.18 bits per heavy atom. The van der Waals surface area contributed by atoms with Crippen molar-refractivity contribution in [2.75, 3.05) is 20.2 Å². The molecule has 2 rings (SSSR count). The largest absolute Gasteiger partial charge is 0.469 e. The lowest BCUT2D eigenvalue weighted by molar-refractivity contribution is -0.145. The molecule has 17 heavy (non-hydrogen) atoms. The van der Waals surface area contributed by atoms with Crippen LogP contribution < -0.4 is 0 Å². The summed E-state index contributed by atoms with van der Waals surface area (Å²) in [5, 5.41) is 10.2. The molecule has 1 saturated heterocycles. The van der Waals surface area contributed by atoms with Crippen molar-refractivity contribution in [3.05, 3.63) is 0 Å². The number of hydrogen-bond acceptors (Lipinski definition) is 4. The van der Waals surface area contributed by atoms with Gasteiger partial charge >= 0.3 is 5.97 Å². The molecule has 1 heterocycles. The second-order valence-corrected chi connectivity index (χ2v) is 5.13. The van der Waals surface area contributed by atoms with E-state index in [4.69, 9.17) is 0 Å². The number of rotatable bonds is 3. The molecule has 5 heteroatoms. The third-order valence-electron chi connectivity index (χ3n) is 3.77. The second-order valence-electron chi connectivity index (χ2n) is 5.13. The molecule has 2 aliphatic rings. The number of hydrogen-bond donors (Lipinski definition) is 1. The number of esters is 1. The van der Waals surface area contributed by atoms with Crippen molar-refractivity contribution in [2.24, 2.45) is 5.92 Å². The fourth-order valence-corrected chi connectivity index (χ4v) is 2.80. The molecule has 1 unspecified atom stereocenters. The summed E-state index contributed by atoms with van der Waals surface area (Å²) in [6.07, 6.45) is 3.74. The second kappa shape index (κ2) is 4.64. The summed E-state index contributed by atoms with van der Waals surface area (Å²) in [4.78, 5) is 24.7. The number of ether oxygens (including phenoxy) is 1. The van der Waals surface area contributed by atoms with Gasteiger partial charge < -0.3 is 14.7 Å². The minimum absolute atomic E-state index is 0.0549. The fourth-order valence-electron chi connectivity index (χ4n) is 2.80. The molecule has 1 aliphatic heterocycles. The Kier molecular flexibility index (Phi) is 3.38. The first-order valence-electron chi connectivity index (χ1n) is 6.12. The van der Waals surface area contributed by atoms with E-state index in [-0.39, 0.29) is 24.2 Å². The molecule has 96 valence electrons. The highest BCUT2D eigenvalue weighted by Crippen LogP contribution is 2.32. The van der Waals surface area contributed by atoms with Crippen LogP contribution in [0.4, 0.5) is 0 Å². The lowest BCUT2D eigenvalue weighted by Crippen LogP contribution is -2.42. The molecule has 0 aromatic rings. The summed E-state index contributed by atoms with van der Waals surface area (Å²) in [6.45, 7) is 0.743. The maximum atomic E-state index is 11.7. The SMILES string of the molecule is COC(=O)C1CC(=O)N(CC2(O)CCCC2)C1. The minimum atomic E-state index is -0.735. The van der Waals surface area contributed by atoms with Crippen molar-refractivity contribution >= 4 is 11.9 Å². The van der Waals surface area contributed by atoms with Crippen molar-refractivity contribution in [3.63, 3.8) is 0 Å². The summed E-state index contributed by atoms with van der Waals surface area (Å²) >= 11 is 0. The van der Waals surface area contributed by atoms with E-state index in [9.17, 15) is 14.7 Å². The van der Waals surface area contributed by atoms with Gasteiger partial charge in [-0.2, -0.15) is 0 Å². The summed E-state index contributed by atoms with van der Waals surface area (Å²) in [6, 6.07) is 0. The van der Waals surface area contributed by atoms with Crippen LogP contribution in [0.25, 0.3) is 0 Å². The standard InChI is InChI=1S/C12H19NO4/c1-17-11(15)9-6-10(14)13(7-9)8-12(16)4-2-3-5-12/h9,16H,2-8H2,1H3. The molecule has 0 aromatic heterocycles. The van der Waals surface area contributed by atoms with Gasteiger partial charge in [-0.25, -0.2) is 0 Å². The Balaban J connectivity index is 1.94. The fraction of sp³-hybridized carbons (Fsp3) is 0.833. The monoisotopic (exact) mass is 241 g/mol. The van der Waals surface area contributed by atoms with E-state index in [1.165, 1.54) is 7.11 Å². The third-order valence-corrected chi connectivity index (χ3v) is 3.77. The van der Waals surface area contributed by atoms with Crippen LogP contribution in [0.5, 0.6) is 0 Å². The predicted molar refractivity (Wildman–Crippen MR) is 60.1 cm³/mol. The molecule has 2 fully saturated rings. The Morgan fingerprint density at radius 3 is 2.76 bits per heavy atom. The van der Waals surface area contributed by atoms with E-state index in [0.29, 0.717) is 13.1 Å². The molecule has 1 saturated carbocycles. The number of amides is 1. The number of aliphatic hydroxyl groups is 1. The summed E-state index contributed by atoms with van der Waals surface area (Å²) in [5.41, 5.74) is -0.735. The molecule has 0 spiro atoms. The molecule has 1 N–H and O–H groups in total. The van der Waals surface area contributed by atoms with Crippen LogP contribution in [0.15, 0.2) is 0 Å². The maximum Gasteiger partial charge on any atom is 0.310 e. The third kappa shape index (κ3) is 2.60. The molecule has 0 bridgehead atoms. The molecule has 1 amide bonds. The molecule has 1 atom stereocenters. The van der Waals surface area contributed by atoms with Gasteiger partial charge in [-0.05, 0) is 12.8 Å². The Morgan fingerprint density at radius 1 is 1.53 bits per heavy atom. The quantitative estimate of drug-likeness (QED) is 0.722. The number of carbonyl (C=O) groups is 2. The number of nitrogens with zero attached hydrogens (tertiary/aromatic N) is 1. The zero-order valence-corrected chi connectivity index (χ0v) is 10.1. The van der Waals surface area contributed by atoms with Crippen molar-refractivity contribution in [1.82, 2.24) is 4.90 Å². The van der Waals surface area contributed by atoms with Gasteiger partial charge in [-0.15, -0.1) is 0 Å². The van der Waals surface area contributed by atoms with Gasteiger partial charge in [0, 0.05) is 19.5 Å². The molecule has 0 aromatic carbocycles. The zero-order chi connectivity index (χ0) is 12.5. The van der Waals surface area contributed by atoms with Crippen molar-refractivity contribution in [1.29, 1.82) is 0 Å². The van der Waals surface area contributed by atoms with Gasteiger partial charge in [-0.3, -0.25) is 9.59 Å². The van der Waals surface area contributed by atoms with E-state index in [1.54, 1.807) is 4.90 Å². The highest BCUT2D eigenvalue weighted by Gasteiger charge is 2.40. The molecular formula is C12H19NO4. The van der Waals surface area contributed by atoms with Crippen LogP contribution in [0.1, 0.15) is 32.1 Å². The van der Waals surface area contributed by atoms with Gasteiger partial charge in [-0.1, -0.05) is 12.8 Å². The van der Waals surface area contributed by atoms with Crippen LogP contribution >= 0.6 is 0 Å². The average molecular weight is 241 g/mol. The normalized spacial score (nSPS) is 27.5. The lowest BCUT2D eigenvalue weighted by atomic mass is 10.0. The number of β-amino-alcohol motifs (C(OH)–C–C–N with tert-alkyl or cyclic N) is 1. The van der Waals surface area contributed by atoms with Crippen molar-refractivity contribution < 1.29 is 19.4 Å². The molecular weight excluding hydrogens is 222 g/mol. The first-order chi connectivity index (χ1) is 8.04. The average Bonchev–Trinajstić information content (AvgIpc) is 2.86. The van der Waals surface area contributed by atoms with Crippen LogP contribution in [-0.4, -0.2) is 47.7 Å². The molecule has 1 aliphatic carbocycles. The van der Waals surface area contributed by atoms with Crippen LogP contribution in [0.2, 0.25) is 0 Å². The van der Waals surface area contributed by atoms with E-state index in [2.05, 4.69) is 4.74 Å². The minimum Gasteiger partial charge on any atom is -0.469 e. The first kappa shape index (κ1) is 12.4. The van der Waals surface area contributed by atoms with E-state index in [0.717, 1.165) is 25.7 Å². The summed E-state index contributed by atoms with van der Waals surface area (Å²) in [7, 11) is 1.33. The van der Waals surface area contributed by atoms with Gasteiger partial charge in [0.1, 0.15) is 0 Å². The highest BCUT2D eigenvalue weighted by molar-refractivity contribution is 5.86. The lowest BCUT2D eigenvalue weighted by Gasteiger charge is -2.28. The van der Waals surface area contributed by atoms with Gasteiger partial charge in [0.15, 0.2) is 0 Å². The topological polar surface area (TPSA) is 66.8 Å². The van der Waals surface area contributed by atoms with Crippen LogP contribution in [0.3, 0.4) is 0 Å². The number of methoxy groups -OCH3 is 1. The van der Waals surface area contributed by atoms with Gasteiger partial charge in [0.05, 0.1) is 18.6 Å². The Bertz CT molecular complexity index is 322. The zero-order valence-electron chi connectivity index (χ0n) is 10.1.